The Hall–Kier alpha value is -0.0400. The van der Waals surface area contributed by atoms with Crippen molar-refractivity contribution in [3.05, 3.63) is 0 Å². The van der Waals surface area contributed by atoms with E-state index in [1.54, 1.807) is 0 Å². The highest BCUT2D eigenvalue weighted by Gasteiger charge is 2.10. The van der Waals surface area contributed by atoms with Crippen LogP contribution in [0.25, 0.3) is 0 Å². The molecule has 8 heavy (non-hydrogen) atoms. The maximum atomic E-state index is 9.09. The van der Waals surface area contributed by atoms with Gasteiger partial charge in [-0.05, 0) is 18.7 Å². The van der Waals surface area contributed by atoms with Gasteiger partial charge in [0.05, 0.1) is 0 Å². The van der Waals surface area contributed by atoms with Gasteiger partial charge in [-0.25, -0.2) is 0 Å². The van der Waals surface area contributed by atoms with Gasteiger partial charge in [0.15, 0.2) is 0 Å². The summed E-state index contributed by atoms with van der Waals surface area (Å²) in [7, 11) is 0. The number of rotatable bonds is 1. The van der Waals surface area contributed by atoms with Gasteiger partial charge in [0.25, 0.3) is 0 Å². The normalized spacial score (nSPS) is 92.4. The fraction of sp³-hybridized carbons (Fsp3) is 1.00. The van der Waals surface area contributed by atoms with E-state index in [1.807, 2.05) is 0 Å². The number of hydrogen-bond donors (Lipinski definition) is 1. The quantitative estimate of drug-likeness (QED) is 0.562. The van der Waals surface area contributed by atoms with Crippen molar-refractivity contribution in [3.63, 3.8) is 0 Å². The highest BCUT2D eigenvalue weighted by molar-refractivity contribution is 4.63. The first kappa shape index (κ1) is 1.20. The molecule has 48 valence electrons. The zero-order chi connectivity index (χ0) is 14.8. The van der Waals surface area contributed by atoms with Gasteiger partial charge >= 0.3 is 0 Å². The Morgan fingerprint density at radius 1 is 1.62 bits per heavy atom. The van der Waals surface area contributed by atoms with Gasteiger partial charge in [0, 0.05) is 20.3 Å². The Kier molecular flexibility index (Phi) is 0.460. The molecule has 0 amide bonds. The van der Waals surface area contributed by atoms with Crippen LogP contribution >= 0.6 is 0 Å². The number of hydrogen-bond acceptors (Lipinski definition) is 1. The lowest BCUT2D eigenvalue weighted by atomic mass is 9.90. The minimum Gasteiger partial charge on any atom is -0.396 e. The number of aliphatic hydroxyl groups excluding tert-OH is 1. The average Bonchev–Trinajstić information content (AvgIpc) is 2.24. The standard InChI is InChI=1S/C7H14O/c8-6-7-4-2-1-3-5-7/h7-8H,1-6H2/i1D2,2D2,3D2,4D,5D2,7D. The van der Waals surface area contributed by atoms with Crippen LogP contribution in [0.4, 0.5) is 0 Å². The van der Waals surface area contributed by atoms with E-state index in [2.05, 4.69) is 0 Å². The van der Waals surface area contributed by atoms with Gasteiger partial charge < -0.3 is 5.11 Å². The van der Waals surface area contributed by atoms with Crippen LogP contribution in [-0.2, 0) is 0 Å². The average molecular weight is 124 g/mol. The van der Waals surface area contributed by atoms with E-state index >= 15 is 0 Å². The number of aliphatic hydroxyl groups is 1. The largest absolute Gasteiger partial charge is 0.396 e. The first-order chi connectivity index (χ1) is 7.72. The predicted octanol–water partition coefficient (Wildman–Crippen LogP) is 1.56. The molecule has 0 spiro atoms. The Morgan fingerprint density at radius 3 is 3.25 bits per heavy atom. The lowest BCUT2D eigenvalue weighted by Gasteiger charge is -2.18. The molecule has 0 aromatic heterocycles. The Balaban J connectivity index is 3.60. The molecular weight excluding hydrogens is 100 g/mol. The molecule has 0 aromatic carbocycles. The van der Waals surface area contributed by atoms with Crippen molar-refractivity contribution < 1.29 is 18.8 Å². The third-order valence-corrected chi connectivity index (χ3v) is 0.774. The third kappa shape index (κ3) is 1.48. The van der Waals surface area contributed by atoms with E-state index in [9.17, 15) is 0 Å². The predicted molar refractivity (Wildman–Crippen MR) is 33.7 cm³/mol. The Bertz CT molecular complexity index is 336. The minimum atomic E-state index is -3.36. The molecule has 0 radical (unpaired) electrons. The van der Waals surface area contributed by atoms with E-state index < -0.39 is 44.4 Å². The van der Waals surface area contributed by atoms with E-state index in [1.165, 1.54) is 0 Å². The molecule has 1 N–H and O–H groups in total. The van der Waals surface area contributed by atoms with E-state index in [0.29, 0.717) is 0 Å². The van der Waals surface area contributed by atoms with Crippen molar-refractivity contribution in [2.24, 2.45) is 5.89 Å². The van der Waals surface area contributed by atoms with Gasteiger partial charge in [0.1, 0.15) is 0 Å². The fourth-order valence-electron chi connectivity index (χ4n) is 0.392. The monoisotopic (exact) mass is 124 g/mol. The van der Waals surface area contributed by atoms with Gasteiger partial charge in [-0.15, -0.1) is 0 Å². The molecule has 0 heterocycles. The van der Waals surface area contributed by atoms with Crippen molar-refractivity contribution in [2.75, 3.05) is 6.61 Å². The lowest BCUT2D eigenvalue weighted by molar-refractivity contribution is 0.190. The first-order valence-electron chi connectivity index (χ1n) is 7.32. The highest BCUT2D eigenvalue weighted by Crippen LogP contribution is 2.22. The summed E-state index contributed by atoms with van der Waals surface area (Å²) in [5.41, 5.74) is 0. The Labute approximate surface area is 64.8 Å². The molecule has 1 fully saturated rings. The van der Waals surface area contributed by atoms with Crippen LogP contribution in [0.5, 0.6) is 0 Å². The second kappa shape index (κ2) is 3.08. The summed E-state index contributed by atoms with van der Waals surface area (Å²) in [5, 5.41) is 9.09. The molecule has 1 saturated carbocycles. The molecule has 2 unspecified atom stereocenters. The van der Waals surface area contributed by atoms with Gasteiger partial charge in [-0.2, -0.15) is 0 Å². The first-order valence-corrected chi connectivity index (χ1v) is 2.25. The molecule has 1 rings (SSSR count). The molecule has 0 aliphatic heterocycles. The topological polar surface area (TPSA) is 20.2 Å². The van der Waals surface area contributed by atoms with Crippen LogP contribution < -0.4 is 0 Å². The fourth-order valence-corrected chi connectivity index (χ4v) is 0.392. The highest BCUT2D eigenvalue weighted by atomic mass is 16.3. The van der Waals surface area contributed by atoms with Crippen molar-refractivity contribution >= 4 is 0 Å². The van der Waals surface area contributed by atoms with Gasteiger partial charge in [-0.3, -0.25) is 0 Å². The summed E-state index contributed by atoms with van der Waals surface area (Å²) in [6.45, 7) is -1.27. The second-order valence-electron chi connectivity index (χ2n) is 1.35. The van der Waals surface area contributed by atoms with Gasteiger partial charge in [0.2, 0.25) is 0 Å². The van der Waals surface area contributed by atoms with Crippen molar-refractivity contribution in [2.45, 2.75) is 31.9 Å². The zero-order valence-corrected chi connectivity index (χ0v) is 4.23. The molecule has 1 heteroatoms. The van der Waals surface area contributed by atoms with Crippen LogP contribution in [0, 0.1) is 5.89 Å². The summed E-state index contributed by atoms with van der Waals surface area (Å²) in [6, 6.07) is 0. The van der Waals surface area contributed by atoms with E-state index in [-0.39, 0.29) is 0 Å². The summed E-state index contributed by atoms with van der Waals surface area (Å²) in [6.07, 6.45) is -15.2. The molecule has 0 saturated heterocycles. The molecule has 1 aliphatic carbocycles. The SMILES string of the molecule is [2H]C1C([2H])([2H])C([2H])([2H])C([2H])([2H])C([2H])([2H])C1([2H])CO. The lowest BCUT2D eigenvalue weighted by Crippen LogP contribution is -2.09. The van der Waals surface area contributed by atoms with Crippen LogP contribution in [0.3, 0.4) is 0 Å². The molecule has 1 aliphatic rings. The summed E-state index contributed by atoms with van der Waals surface area (Å²) in [4.78, 5) is 0. The van der Waals surface area contributed by atoms with Gasteiger partial charge in [-0.1, -0.05) is 19.1 Å². The summed E-state index contributed by atoms with van der Waals surface area (Å²) >= 11 is 0. The van der Waals surface area contributed by atoms with E-state index in [4.69, 9.17) is 18.8 Å². The Morgan fingerprint density at radius 2 is 2.50 bits per heavy atom. The van der Waals surface area contributed by atoms with Crippen LogP contribution in [0.2, 0.25) is 0 Å². The molecule has 1 nitrogen and oxygen atoms in total. The van der Waals surface area contributed by atoms with Crippen molar-refractivity contribution in [1.29, 1.82) is 0 Å². The molecule has 2 atom stereocenters. The molecule has 0 aromatic rings. The zero-order valence-electron chi connectivity index (χ0n) is 14.2. The van der Waals surface area contributed by atoms with Crippen LogP contribution in [0.15, 0.2) is 0 Å². The summed E-state index contributed by atoms with van der Waals surface area (Å²) in [5.74, 6) is -2.79. The smallest absolute Gasteiger partial charge is 0.0459 e. The molecule has 0 bridgehead atoms. The maximum absolute atomic E-state index is 9.09. The minimum absolute atomic E-state index is 1.27. The third-order valence-electron chi connectivity index (χ3n) is 0.774. The van der Waals surface area contributed by atoms with E-state index in [0.717, 1.165) is 0 Å². The van der Waals surface area contributed by atoms with Crippen LogP contribution in [-0.4, -0.2) is 11.7 Å². The van der Waals surface area contributed by atoms with Crippen molar-refractivity contribution in [1.82, 2.24) is 0 Å². The second-order valence-corrected chi connectivity index (χ2v) is 1.35. The van der Waals surface area contributed by atoms with Crippen LogP contribution in [0.1, 0.15) is 45.6 Å². The maximum Gasteiger partial charge on any atom is 0.0459 e. The summed E-state index contributed by atoms with van der Waals surface area (Å²) < 4.78 is 75.3. The van der Waals surface area contributed by atoms with Crippen molar-refractivity contribution in [3.8, 4) is 0 Å². The molecular formula is C7H14O.